The third kappa shape index (κ3) is 6.96. The molecule has 0 aliphatic heterocycles. The first kappa shape index (κ1) is 26.5. The van der Waals surface area contributed by atoms with Crippen LogP contribution < -0.4 is 16.0 Å². The zero-order chi connectivity index (χ0) is 26.2. The summed E-state index contributed by atoms with van der Waals surface area (Å²) in [7, 11) is 1.15. The van der Waals surface area contributed by atoms with Gasteiger partial charge in [-0.1, -0.05) is 17.7 Å². The highest BCUT2D eigenvalue weighted by atomic mass is 35.5. The summed E-state index contributed by atoms with van der Waals surface area (Å²) in [6.07, 6.45) is 0. The summed E-state index contributed by atoms with van der Waals surface area (Å²) in [6.45, 7) is -0.184. The maximum Gasteiger partial charge on any atom is 0.330 e. The van der Waals surface area contributed by atoms with Gasteiger partial charge in [-0.2, -0.15) is 0 Å². The van der Waals surface area contributed by atoms with Gasteiger partial charge in [0.25, 0.3) is 17.7 Å². The molecule has 0 fully saturated rings. The van der Waals surface area contributed by atoms with Crippen molar-refractivity contribution in [3.63, 3.8) is 0 Å². The summed E-state index contributed by atoms with van der Waals surface area (Å²) in [5.74, 6) is -2.66. The number of esters is 1. The molecule has 3 aromatic rings. The smallest absolute Gasteiger partial charge is 0.330 e. The minimum atomic E-state index is -1.18. The number of aromatic hydroxyl groups is 2. The molecule has 0 unspecified atom stereocenters. The topological polar surface area (TPSA) is 154 Å². The monoisotopic (exact) mass is 531 g/mol. The van der Waals surface area contributed by atoms with Gasteiger partial charge in [-0.3, -0.25) is 14.4 Å². The van der Waals surface area contributed by atoms with Gasteiger partial charge in [0.2, 0.25) is 0 Å². The SMILES string of the molecule is COC(=O)[C@H](CNC(=O)c1cccs1)NC(=O)c1ccc(C(=O)NCc2cc(O)cc(O)c2)cc1Cl. The Hall–Kier alpha value is -4.09. The molecule has 36 heavy (non-hydrogen) atoms. The lowest BCUT2D eigenvalue weighted by Crippen LogP contribution is -2.49. The number of halogens is 1. The van der Waals surface area contributed by atoms with Gasteiger partial charge >= 0.3 is 5.97 Å². The van der Waals surface area contributed by atoms with Crippen LogP contribution in [-0.4, -0.2) is 53.6 Å². The second-order valence-corrected chi connectivity index (χ2v) is 8.83. The van der Waals surface area contributed by atoms with Gasteiger partial charge in [0.1, 0.15) is 17.5 Å². The molecule has 5 N–H and O–H groups in total. The number of ether oxygens (including phenoxy) is 1. The molecule has 0 saturated heterocycles. The molecule has 1 heterocycles. The third-order valence-electron chi connectivity index (χ3n) is 4.89. The summed E-state index contributed by atoms with van der Waals surface area (Å²) in [6, 6.07) is 10.1. The van der Waals surface area contributed by atoms with E-state index in [9.17, 15) is 29.4 Å². The number of hydrogen-bond acceptors (Lipinski definition) is 8. The number of thiophene rings is 1. The fraction of sp³-hybridized carbons (Fsp3) is 0.167. The van der Waals surface area contributed by atoms with Crippen molar-refractivity contribution in [1.29, 1.82) is 0 Å². The Kier molecular flexibility index (Phi) is 8.87. The van der Waals surface area contributed by atoms with E-state index in [1.807, 2.05) is 0 Å². The molecule has 0 radical (unpaired) electrons. The largest absolute Gasteiger partial charge is 0.508 e. The quantitative estimate of drug-likeness (QED) is 0.266. The van der Waals surface area contributed by atoms with Crippen molar-refractivity contribution in [2.24, 2.45) is 0 Å². The molecule has 12 heteroatoms. The maximum atomic E-state index is 12.8. The van der Waals surface area contributed by atoms with E-state index in [-0.39, 0.29) is 40.7 Å². The van der Waals surface area contributed by atoms with Gasteiger partial charge in [-0.05, 0) is 47.3 Å². The number of nitrogens with one attached hydrogen (secondary N) is 3. The molecule has 2 aromatic carbocycles. The van der Waals surface area contributed by atoms with E-state index in [1.165, 1.54) is 41.7 Å². The highest BCUT2D eigenvalue weighted by Gasteiger charge is 2.24. The summed E-state index contributed by atoms with van der Waals surface area (Å²) in [4.78, 5) is 50.0. The molecule has 3 rings (SSSR count). The van der Waals surface area contributed by atoms with Crippen LogP contribution in [0.15, 0.2) is 53.9 Å². The van der Waals surface area contributed by atoms with E-state index in [1.54, 1.807) is 17.5 Å². The first-order valence-electron chi connectivity index (χ1n) is 10.5. The number of carbonyl (C=O) groups excluding carboxylic acids is 4. The number of carbonyl (C=O) groups is 4. The van der Waals surface area contributed by atoms with Crippen molar-refractivity contribution in [1.82, 2.24) is 16.0 Å². The van der Waals surface area contributed by atoms with Crippen LogP contribution in [0, 0.1) is 0 Å². The number of rotatable bonds is 9. The predicted octanol–water partition coefficient (Wildman–Crippen LogP) is 2.44. The molecule has 188 valence electrons. The number of methoxy groups -OCH3 is 1. The second kappa shape index (κ2) is 12.0. The van der Waals surface area contributed by atoms with Crippen LogP contribution in [0.2, 0.25) is 5.02 Å². The Balaban J connectivity index is 1.63. The van der Waals surface area contributed by atoms with Crippen LogP contribution in [-0.2, 0) is 16.1 Å². The summed E-state index contributed by atoms with van der Waals surface area (Å²) in [5.41, 5.74) is 0.640. The highest BCUT2D eigenvalue weighted by molar-refractivity contribution is 7.12. The van der Waals surface area contributed by atoms with E-state index in [4.69, 9.17) is 16.3 Å². The Bertz CT molecular complexity index is 1260. The van der Waals surface area contributed by atoms with Crippen molar-refractivity contribution >= 4 is 46.6 Å². The zero-order valence-electron chi connectivity index (χ0n) is 18.9. The van der Waals surface area contributed by atoms with Crippen LogP contribution in [0.5, 0.6) is 11.5 Å². The van der Waals surface area contributed by atoms with Gasteiger partial charge in [0.05, 0.1) is 22.6 Å². The number of phenolic OH excluding ortho intramolecular Hbond substituents is 2. The fourth-order valence-corrected chi connectivity index (χ4v) is 4.05. The molecule has 0 aliphatic rings. The standard InChI is InChI=1S/C24H22ClN3O7S/c1-35-24(34)19(12-27-23(33)20-3-2-6-36-20)28-22(32)17-5-4-14(9-18(17)25)21(31)26-11-13-7-15(29)10-16(30)8-13/h2-10,19,29-30H,11-12H2,1H3,(H,26,31)(H,27,33)(H,28,32)/t19-/m0/s1. The van der Waals surface area contributed by atoms with E-state index < -0.39 is 29.7 Å². The molecule has 0 spiro atoms. The van der Waals surface area contributed by atoms with Gasteiger partial charge < -0.3 is 30.9 Å². The molecular formula is C24H22ClN3O7S. The van der Waals surface area contributed by atoms with Gasteiger partial charge in [0.15, 0.2) is 0 Å². The lowest BCUT2D eigenvalue weighted by atomic mass is 10.1. The van der Waals surface area contributed by atoms with Gasteiger partial charge in [0, 0.05) is 24.7 Å². The van der Waals surface area contributed by atoms with Crippen LogP contribution >= 0.6 is 22.9 Å². The van der Waals surface area contributed by atoms with E-state index in [0.717, 1.165) is 13.2 Å². The van der Waals surface area contributed by atoms with E-state index in [0.29, 0.717) is 10.4 Å². The Morgan fingerprint density at radius 3 is 2.31 bits per heavy atom. The van der Waals surface area contributed by atoms with Crippen molar-refractivity contribution in [3.05, 3.63) is 80.5 Å². The number of benzene rings is 2. The minimum absolute atomic E-state index is 0.00427. The van der Waals surface area contributed by atoms with Crippen LogP contribution in [0.3, 0.4) is 0 Å². The van der Waals surface area contributed by atoms with Crippen molar-refractivity contribution in [2.75, 3.05) is 13.7 Å². The first-order chi connectivity index (χ1) is 17.2. The second-order valence-electron chi connectivity index (χ2n) is 7.47. The lowest BCUT2D eigenvalue weighted by molar-refractivity contribution is -0.142. The maximum absolute atomic E-state index is 12.8. The van der Waals surface area contributed by atoms with Crippen LogP contribution in [0.25, 0.3) is 0 Å². The molecule has 10 nitrogen and oxygen atoms in total. The molecule has 0 saturated carbocycles. The van der Waals surface area contributed by atoms with Gasteiger partial charge in [-0.15, -0.1) is 11.3 Å². The van der Waals surface area contributed by atoms with Crippen molar-refractivity contribution < 1.29 is 34.1 Å². The Labute approximate surface area is 214 Å². The van der Waals surface area contributed by atoms with Crippen molar-refractivity contribution in [3.8, 4) is 11.5 Å². The predicted molar refractivity (Wildman–Crippen MR) is 132 cm³/mol. The zero-order valence-corrected chi connectivity index (χ0v) is 20.5. The van der Waals surface area contributed by atoms with E-state index >= 15 is 0 Å². The summed E-state index contributed by atoms with van der Waals surface area (Å²) < 4.78 is 4.71. The molecule has 3 amide bonds. The first-order valence-corrected chi connectivity index (χ1v) is 11.7. The fourth-order valence-electron chi connectivity index (χ4n) is 3.14. The molecule has 1 atom stereocenters. The molecule has 1 aromatic heterocycles. The van der Waals surface area contributed by atoms with Gasteiger partial charge in [-0.25, -0.2) is 4.79 Å². The Morgan fingerprint density at radius 2 is 1.69 bits per heavy atom. The third-order valence-corrected chi connectivity index (χ3v) is 6.08. The van der Waals surface area contributed by atoms with E-state index in [2.05, 4.69) is 16.0 Å². The average molecular weight is 532 g/mol. The summed E-state index contributed by atoms with van der Waals surface area (Å²) in [5, 5.41) is 28.4. The molecule has 0 bridgehead atoms. The van der Waals surface area contributed by atoms with Crippen LogP contribution in [0.4, 0.5) is 0 Å². The van der Waals surface area contributed by atoms with Crippen LogP contribution in [0.1, 0.15) is 36.0 Å². The number of amides is 3. The number of hydrogen-bond donors (Lipinski definition) is 5. The molecular weight excluding hydrogens is 510 g/mol. The average Bonchev–Trinajstić information content (AvgIpc) is 3.38. The lowest BCUT2D eigenvalue weighted by Gasteiger charge is -2.17. The van der Waals surface area contributed by atoms with Crippen molar-refractivity contribution in [2.45, 2.75) is 12.6 Å². The summed E-state index contributed by atoms with van der Waals surface area (Å²) >= 11 is 7.46. The molecule has 0 aliphatic carbocycles. The normalized spacial score (nSPS) is 11.3. The minimum Gasteiger partial charge on any atom is -0.508 e. The number of phenols is 2. The Morgan fingerprint density at radius 1 is 0.972 bits per heavy atom. The highest BCUT2D eigenvalue weighted by Crippen LogP contribution is 2.21.